The molecule has 3 aromatic carbocycles. The van der Waals surface area contributed by atoms with Crippen molar-refractivity contribution in [3.8, 4) is 0 Å². The number of rotatable bonds is 6. The number of hydrogen-bond acceptors (Lipinski definition) is 3. The third-order valence-electron chi connectivity index (χ3n) is 8.70. The van der Waals surface area contributed by atoms with Gasteiger partial charge in [-0.25, -0.2) is 4.39 Å². The lowest BCUT2D eigenvalue weighted by molar-refractivity contribution is -0.153. The topological polar surface area (TPSA) is 51.5 Å². The van der Waals surface area contributed by atoms with E-state index in [1.807, 2.05) is 54.1 Å². The van der Waals surface area contributed by atoms with Crippen molar-refractivity contribution in [2.45, 2.75) is 44.4 Å². The van der Waals surface area contributed by atoms with Gasteiger partial charge in [0.15, 0.2) is 0 Å². The fourth-order valence-corrected chi connectivity index (χ4v) is 7.19. The van der Waals surface area contributed by atoms with Crippen LogP contribution >= 0.6 is 11.6 Å². The molecule has 4 aromatic rings. The molecule has 0 N–H and O–H groups in total. The first-order valence-electron chi connectivity index (χ1n) is 14.0. The fourth-order valence-electron chi connectivity index (χ4n) is 7.06. The minimum atomic E-state index is -1.43. The maximum Gasteiger partial charge on any atom is 0.310 e. The van der Waals surface area contributed by atoms with Crippen molar-refractivity contribution in [2.24, 2.45) is 13.0 Å². The average molecular weight is 559 g/mol. The Balaban J connectivity index is 1.74. The maximum absolute atomic E-state index is 15.1. The Morgan fingerprint density at radius 2 is 1.85 bits per heavy atom. The van der Waals surface area contributed by atoms with Gasteiger partial charge in [0.2, 0.25) is 5.91 Å². The molecule has 0 saturated carbocycles. The minimum absolute atomic E-state index is 0.183. The van der Waals surface area contributed by atoms with Gasteiger partial charge in [-0.1, -0.05) is 55.3 Å². The van der Waals surface area contributed by atoms with Gasteiger partial charge in [0.25, 0.3) is 0 Å². The van der Waals surface area contributed by atoms with Gasteiger partial charge >= 0.3 is 5.97 Å². The van der Waals surface area contributed by atoms with Gasteiger partial charge < -0.3 is 14.2 Å². The summed E-state index contributed by atoms with van der Waals surface area (Å²) in [5.74, 6) is -2.14. The quantitative estimate of drug-likeness (QED) is 0.237. The summed E-state index contributed by atoms with van der Waals surface area (Å²) in [4.78, 5) is 30.6. The zero-order valence-corrected chi connectivity index (χ0v) is 23.7. The van der Waals surface area contributed by atoms with Gasteiger partial charge in [0, 0.05) is 52.4 Å². The normalized spacial score (nSPS) is 21.6. The zero-order valence-electron chi connectivity index (χ0n) is 22.9. The van der Waals surface area contributed by atoms with E-state index < -0.39 is 23.1 Å². The number of carbonyl (C=O) groups excluding carboxylic acids is 2. The number of para-hydroxylation sites is 1. The lowest BCUT2D eigenvalue weighted by Gasteiger charge is -2.43. The number of esters is 1. The van der Waals surface area contributed by atoms with Crippen molar-refractivity contribution in [2.75, 3.05) is 18.1 Å². The number of anilines is 1. The summed E-state index contributed by atoms with van der Waals surface area (Å²) in [7, 11) is 1.94. The van der Waals surface area contributed by atoms with E-state index in [4.69, 9.17) is 16.3 Å². The molecule has 3 unspecified atom stereocenters. The monoisotopic (exact) mass is 558 g/mol. The first-order valence-corrected chi connectivity index (χ1v) is 14.3. The van der Waals surface area contributed by atoms with Crippen LogP contribution in [-0.4, -0.2) is 29.6 Å². The standard InChI is InChI=1S/C33H32ClFN2O3/c1-4-6-17-37-28-16-15-22(35)18-25(28)33(32(37)39)26(31(38)40-5-2)19-24(20-11-13-21(34)14-12-20)29-23-9-7-8-10-27(23)36(3)30(29)33/h7-16,18,24,26H,4-6,17,19H2,1-3H3. The summed E-state index contributed by atoms with van der Waals surface area (Å²) in [5, 5.41) is 1.64. The number of nitrogens with zero attached hydrogens (tertiary/aromatic N) is 2. The summed E-state index contributed by atoms with van der Waals surface area (Å²) < 4.78 is 22.8. The molecular weight excluding hydrogens is 527 g/mol. The van der Waals surface area contributed by atoms with Crippen LogP contribution < -0.4 is 4.90 Å². The van der Waals surface area contributed by atoms with E-state index in [-0.39, 0.29) is 18.4 Å². The third kappa shape index (κ3) is 3.72. The molecule has 7 heteroatoms. The molecule has 0 bridgehead atoms. The highest BCUT2D eigenvalue weighted by molar-refractivity contribution is 6.30. The molecular formula is C33H32ClFN2O3. The Morgan fingerprint density at radius 3 is 2.58 bits per heavy atom. The van der Waals surface area contributed by atoms with E-state index in [1.165, 1.54) is 12.1 Å². The molecule has 6 rings (SSSR count). The molecule has 0 fully saturated rings. The lowest BCUT2D eigenvalue weighted by atomic mass is 9.58. The Kier molecular flexibility index (Phi) is 6.70. The number of carbonyl (C=O) groups is 2. The second-order valence-electron chi connectivity index (χ2n) is 10.8. The van der Waals surface area contributed by atoms with Crippen molar-refractivity contribution in [1.29, 1.82) is 0 Å². The van der Waals surface area contributed by atoms with Gasteiger partial charge in [-0.3, -0.25) is 9.59 Å². The van der Waals surface area contributed by atoms with Crippen molar-refractivity contribution in [3.63, 3.8) is 0 Å². The molecule has 1 aromatic heterocycles. The highest BCUT2D eigenvalue weighted by atomic mass is 35.5. The molecule has 1 aliphatic carbocycles. The minimum Gasteiger partial charge on any atom is -0.466 e. The molecule has 3 atom stereocenters. The number of aryl methyl sites for hydroxylation is 1. The molecule has 40 heavy (non-hydrogen) atoms. The Bertz CT molecular complexity index is 1630. The van der Waals surface area contributed by atoms with Crippen LogP contribution in [0.1, 0.15) is 61.4 Å². The first kappa shape index (κ1) is 26.6. The van der Waals surface area contributed by atoms with Crippen molar-refractivity contribution in [1.82, 2.24) is 4.57 Å². The predicted octanol–water partition coefficient (Wildman–Crippen LogP) is 7.12. The summed E-state index contributed by atoms with van der Waals surface area (Å²) >= 11 is 6.25. The second-order valence-corrected chi connectivity index (χ2v) is 11.2. The maximum atomic E-state index is 15.1. The van der Waals surface area contributed by atoms with Gasteiger partial charge in [-0.05, 0) is 67.3 Å². The largest absolute Gasteiger partial charge is 0.466 e. The molecule has 0 radical (unpaired) electrons. The van der Waals surface area contributed by atoms with Crippen LogP contribution in [0.4, 0.5) is 10.1 Å². The molecule has 206 valence electrons. The fraction of sp³-hybridized carbons (Fsp3) is 0.333. The van der Waals surface area contributed by atoms with Crippen LogP contribution in [0.15, 0.2) is 66.7 Å². The highest BCUT2D eigenvalue weighted by Crippen LogP contribution is 2.60. The number of unbranched alkanes of at least 4 members (excludes halogenated alkanes) is 1. The lowest BCUT2D eigenvalue weighted by Crippen LogP contribution is -2.53. The predicted molar refractivity (Wildman–Crippen MR) is 155 cm³/mol. The van der Waals surface area contributed by atoms with Crippen molar-refractivity contribution < 1.29 is 18.7 Å². The second kappa shape index (κ2) is 10.1. The van der Waals surface area contributed by atoms with Crippen LogP contribution in [0.25, 0.3) is 10.9 Å². The summed E-state index contributed by atoms with van der Waals surface area (Å²) in [6, 6.07) is 20.3. The van der Waals surface area contributed by atoms with E-state index in [2.05, 4.69) is 13.0 Å². The number of aromatic nitrogens is 1. The number of amides is 1. The van der Waals surface area contributed by atoms with E-state index in [1.54, 1.807) is 17.9 Å². The van der Waals surface area contributed by atoms with Gasteiger partial charge in [0.05, 0.1) is 12.5 Å². The molecule has 5 nitrogen and oxygen atoms in total. The third-order valence-corrected chi connectivity index (χ3v) is 8.95. The average Bonchev–Trinajstić information content (AvgIpc) is 3.38. The zero-order chi connectivity index (χ0) is 28.2. The van der Waals surface area contributed by atoms with Gasteiger partial charge in [0.1, 0.15) is 11.2 Å². The van der Waals surface area contributed by atoms with E-state index in [0.29, 0.717) is 29.2 Å². The molecule has 1 aliphatic heterocycles. The van der Waals surface area contributed by atoms with Crippen LogP contribution in [0.3, 0.4) is 0 Å². The smallest absolute Gasteiger partial charge is 0.310 e. The summed E-state index contributed by atoms with van der Waals surface area (Å²) in [6.07, 6.45) is 2.02. The number of benzene rings is 3. The van der Waals surface area contributed by atoms with E-state index in [0.717, 1.165) is 40.6 Å². The van der Waals surface area contributed by atoms with E-state index in [9.17, 15) is 9.59 Å². The number of halogens is 2. The van der Waals surface area contributed by atoms with Crippen LogP contribution in [-0.2, 0) is 26.8 Å². The van der Waals surface area contributed by atoms with Crippen molar-refractivity contribution >= 4 is 40.1 Å². The van der Waals surface area contributed by atoms with Gasteiger partial charge in [-0.15, -0.1) is 0 Å². The Hall–Kier alpha value is -3.64. The number of ether oxygens (including phenoxy) is 1. The first-order chi connectivity index (χ1) is 19.3. The van der Waals surface area contributed by atoms with Crippen LogP contribution in [0.5, 0.6) is 0 Å². The molecule has 1 amide bonds. The number of fused-ring (bicyclic) bond motifs is 6. The summed E-state index contributed by atoms with van der Waals surface area (Å²) in [5.41, 5.74) is 3.44. The Morgan fingerprint density at radius 1 is 1.10 bits per heavy atom. The summed E-state index contributed by atoms with van der Waals surface area (Å²) in [6.45, 7) is 4.51. The highest BCUT2D eigenvalue weighted by Gasteiger charge is 2.64. The Labute approximate surface area is 238 Å². The van der Waals surface area contributed by atoms with Crippen LogP contribution in [0.2, 0.25) is 5.02 Å². The van der Waals surface area contributed by atoms with Crippen LogP contribution in [0, 0.1) is 11.7 Å². The molecule has 1 spiro atoms. The van der Waals surface area contributed by atoms with Gasteiger partial charge in [-0.2, -0.15) is 0 Å². The SMILES string of the molecule is CCCCN1C(=O)C2(c3cc(F)ccc31)c1c(c3ccccc3n1C)C(c1ccc(Cl)cc1)CC2C(=O)OCC. The molecule has 0 saturated heterocycles. The molecule has 2 aliphatic rings. The van der Waals surface area contributed by atoms with E-state index >= 15 is 4.39 Å². The molecule has 2 heterocycles. The van der Waals surface area contributed by atoms with Crippen molar-refractivity contribution in [3.05, 3.63) is 100.0 Å². The number of hydrogen-bond donors (Lipinski definition) is 0.